The molecule has 4 heterocycles. The van der Waals surface area contributed by atoms with E-state index in [9.17, 15) is 19.2 Å². The molecule has 1 N–H and O–H groups in total. The molecule has 12 heteroatoms. The number of rotatable bonds is 13. The number of carbonyl (C=O) groups excluding carboxylic acids is 4. The van der Waals surface area contributed by atoms with Crippen LogP contribution < -0.4 is 15.1 Å². The zero-order valence-electron chi connectivity index (χ0n) is 31.1. The summed E-state index contributed by atoms with van der Waals surface area (Å²) in [5, 5.41) is 6.69. The standard InChI is InChI=1S/C42H48N6O6/c1-28(2)44(14-15-48-40(50)34-9-4-7-30-25-32(46-18-22-54-23-19-46)27-36(38(30)34)42(48)52)12-5-10-43-11-13-47-39(49)33-8-3-6-29-24-31(45-16-20-53-21-17-45)26-35(37(29)33)41(47)51/h3-4,6-9,24-28,43H,5,10-23H2,1-2H3. The summed E-state index contributed by atoms with van der Waals surface area (Å²) in [7, 11) is 0. The maximum atomic E-state index is 13.9. The highest BCUT2D eigenvalue weighted by Gasteiger charge is 2.35. The summed E-state index contributed by atoms with van der Waals surface area (Å²) >= 11 is 0. The van der Waals surface area contributed by atoms with E-state index in [1.807, 2.05) is 48.5 Å². The summed E-state index contributed by atoms with van der Waals surface area (Å²) in [5.41, 5.74) is 4.23. The maximum absolute atomic E-state index is 13.9. The lowest BCUT2D eigenvalue weighted by Gasteiger charge is -2.33. The predicted molar refractivity (Wildman–Crippen MR) is 209 cm³/mol. The van der Waals surface area contributed by atoms with Crippen LogP contribution in [0, 0.1) is 0 Å². The molecule has 4 aliphatic rings. The van der Waals surface area contributed by atoms with Crippen molar-refractivity contribution < 1.29 is 28.7 Å². The Morgan fingerprint density at radius 3 is 1.59 bits per heavy atom. The zero-order chi connectivity index (χ0) is 37.3. The number of morpholine rings is 2. The third-order valence-electron chi connectivity index (χ3n) is 11.2. The Morgan fingerprint density at radius 2 is 1.09 bits per heavy atom. The average Bonchev–Trinajstić information content (AvgIpc) is 3.20. The number of anilines is 2. The molecule has 4 aliphatic heterocycles. The Kier molecular flexibility index (Phi) is 10.3. The van der Waals surface area contributed by atoms with Gasteiger partial charge >= 0.3 is 0 Å². The molecule has 0 aromatic heterocycles. The van der Waals surface area contributed by atoms with Gasteiger partial charge in [-0.1, -0.05) is 24.3 Å². The van der Waals surface area contributed by atoms with Crippen LogP contribution in [0.25, 0.3) is 21.5 Å². The molecule has 0 bridgehead atoms. The molecular formula is C42H48N6O6. The first-order valence-electron chi connectivity index (χ1n) is 19.3. The van der Waals surface area contributed by atoms with E-state index in [-0.39, 0.29) is 36.2 Å². The van der Waals surface area contributed by atoms with Gasteiger partial charge in [-0.2, -0.15) is 0 Å². The van der Waals surface area contributed by atoms with Crippen LogP contribution in [0.4, 0.5) is 11.4 Å². The number of ether oxygens (including phenoxy) is 2. The van der Waals surface area contributed by atoms with E-state index < -0.39 is 0 Å². The number of carbonyl (C=O) groups is 4. The summed E-state index contributed by atoms with van der Waals surface area (Å²) in [6, 6.07) is 19.6. The Balaban J connectivity index is 0.862. The van der Waals surface area contributed by atoms with Crippen molar-refractivity contribution in [2.75, 3.05) is 102 Å². The van der Waals surface area contributed by atoms with Crippen LogP contribution in [-0.4, -0.2) is 136 Å². The van der Waals surface area contributed by atoms with Crippen LogP contribution in [-0.2, 0) is 9.47 Å². The van der Waals surface area contributed by atoms with E-state index in [4.69, 9.17) is 9.47 Å². The number of nitrogens with zero attached hydrogens (tertiary/aromatic N) is 5. The van der Waals surface area contributed by atoms with Crippen LogP contribution in [0.2, 0.25) is 0 Å². The van der Waals surface area contributed by atoms with Gasteiger partial charge in [0.15, 0.2) is 0 Å². The monoisotopic (exact) mass is 732 g/mol. The van der Waals surface area contributed by atoms with E-state index >= 15 is 0 Å². The fourth-order valence-electron chi connectivity index (χ4n) is 8.28. The van der Waals surface area contributed by atoms with Crippen molar-refractivity contribution in [3.63, 3.8) is 0 Å². The first-order chi connectivity index (χ1) is 26.3. The lowest BCUT2D eigenvalue weighted by atomic mass is 9.93. The molecule has 4 aromatic carbocycles. The van der Waals surface area contributed by atoms with Gasteiger partial charge in [0.25, 0.3) is 23.6 Å². The van der Waals surface area contributed by atoms with Crippen molar-refractivity contribution >= 4 is 56.5 Å². The molecular weight excluding hydrogens is 684 g/mol. The number of hydrogen-bond donors (Lipinski definition) is 1. The Hall–Kier alpha value is -4.88. The minimum Gasteiger partial charge on any atom is -0.378 e. The molecule has 0 saturated carbocycles. The second-order valence-electron chi connectivity index (χ2n) is 14.8. The van der Waals surface area contributed by atoms with Gasteiger partial charge in [-0.25, -0.2) is 0 Å². The van der Waals surface area contributed by atoms with Gasteiger partial charge in [-0.3, -0.25) is 33.9 Å². The summed E-state index contributed by atoms with van der Waals surface area (Å²) in [6.07, 6.45) is 0.818. The molecule has 0 atom stereocenters. The molecule has 0 radical (unpaired) electrons. The van der Waals surface area contributed by atoms with Crippen molar-refractivity contribution in [2.45, 2.75) is 26.3 Å². The Labute approximate surface area is 315 Å². The molecule has 0 unspecified atom stereocenters. The minimum absolute atomic E-state index is 0.206. The predicted octanol–water partition coefficient (Wildman–Crippen LogP) is 4.25. The van der Waals surface area contributed by atoms with Crippen molar-refractivity contribution in [1.82, 2.24) is 20.0 Å². The van der Waals surface area contributed by atoms with Crippen LogP contribution >= 0.6 is 0 Å². The number of benzene rings is 4. The largest absolute Gasteiger partial charge is 0.378 e. The number of imide groups is 2. The smallest absolute Gasteiger partial charge is 0.261 e. The van der Waals surface area contributed by atoms with Gasteiger partial charge < -0.3 is 24.6 Å². The first kappa shape index (κ1) is 36.1. The van der Waals surface area contributed by atoms with Crippen LogP contribution in [0.5, 0.6) is 0 Å². The topological polar surface area (TPSA) is 115 Å². The van der Waals surface area contributed by atoms with E-state index in [2.05, 4.69) is 46.0 Å². The Morgan fingerprint density at radius 1 is 0.611 bits per heavy atom. The van der Waals surface area contributed by atoms with Gasteiger partial charge in [0.2, 0.25) is 0 Å². The van der Waals surface area contributed by atoms with Crippen molar-refractivity contribution in [2.24, 2.45) is 0 Å². The van der Waals surface area contributed by atoms with Crippen molar-refractivity contribution in [3.8, 4) is 0 Å². The summed E-state index contributed by atoms with van der Waals surface area (Å²) in [4.78, 5) is 64.4. The number of hydrogen-bond acceptors (Lipinski definition) is 10. The molecule has 12 nitrogen and oxygen atoms in total. The highest BCUT2D eigenvalue weighted by atomic mass is 16.5. The molecule has 8 rings (SSSR count). The highest BCUT2D eigenvalue weighted by molar-refractivity contribution is 6.27. The summed E-state index contributed by atoms with van der Waals surface area (Å²) < 4.78 is 11.1. The van der Waals surface area contributed by atoms with E-state index in [1.54, 1.807) is 0 Å². The molecule has 2 fully saturated rings. The summed E-state index contributed by atoms with van der Waals surface area (Å²) in [5.74, 6) is -1.02. The SMILES string of the molecule is CC(C)N(CCCNCCN1C(=O)c2cccc3cc(N4CCOCC4)cc(c23)C1=O)CCN1C(=O)c2cccc3cc(N4CCOCC4)cc(c23)C1=O. The van der Waals surface area contributed by atoms with Crippen molar-refractivity contribution in [3.05, 3.63) is 82.9 Å². The van der Waals surface area contributed by atoms with E-state index in [1.165, 1.54) is 9.80 Å². The first-order valence-corrected chi connectivity index (χ1v) is 19.3. The van der Waals surface area contributed by atoms with Gasteiger partial charge in [0.05, 0.1) is 37.6 Å². The molecule has 2 saturated heterocycles. The molecule has 54 heavy (non-hydrogen) atoms. The van der Waals surface area contributed by atoms with Crippen LogP contribution in [0.15, 0.2) is 60.7 Å². The zero-order valence-corrected chi connectivity index (χ0v) is 31.1. The van der Waals surface area contributed by atoms with Crippen LogP contribution in [0.3, 0.4) is 0 Å². The quantitative estimate of drug-likeness (QED) is 0.158. The molecule has 0 spiro atoms. The second-order valence-corrected chi connectivity index (χ2v) is 14.8. The van der Waals surface area contributed by atoms with Gasteiger partial charge in [-0.05, 0) is 80.5 Å². The fourth-order valence-corrected chi connectivity index (χ4v) is 8.28. The molecule has 4 aromatic rings. The number of amides is 4. The lowest BCUT2D eigenvalue weighted by molar-refractivity contribution is 0.0579. The number of nitrogens with one attached hydrogen (secondary N) is 1. The van der Waals surface area contributed by atoms with Gasteiger partial charge in [0, 0.05) is 91.7 Å². The fraction of sp³-hybridized carbons (Fsp3) is 0.429. The maximum Gasteiger partial charge on any atom is 0.261 e. The van der Waals surface area contributed by atoms with Gasteiger partial charge in [-0.15, -0.1) is 0 Å². The average molecular weight is 733 g/mol. The lowest BCUT2D eigenvalue weighted by Crippen LogP contribution is -2.46. The second kappa shape index (κ2) is 15.5. The van der Waals surface area contributed by atoms with Crippen molar-refractivity contribution in [1.29, 1.82) is 0 Å². The summed E-state index contributed by atoms with van der Waals surface area (Å²) in [6.45, 7) is 12.9. The van der Waals surface area contributed by atoms with E-state index in [0.717, 1.165) is 72.1 Å². The molecule has 282 valence electrons. The molecule has 4 amide bonds. The minimum atomic E-state index is -0.261. The third-order valence-corrected chi connectivity index (χ3v) is 11.2. The Bertz CT molecular complexity index is 2110. The van der Waals surface area contributed by atoms with E-state index in [0.29, 0.717) is 74.9 Å². The molecule has 0 aliphatic carbocycles. The third kappa shape index (κ3) is 6.83. The highest BCUT2D eigenvalue weighted by Crippen LogP contribution is 2.36. The normalized spacial score (nSPS) is 17.6. The van der Waals surface area contributed by atoms with Crippen LogP contribution in [0.1, 0.15) is 61.7 Å². The van der Waals surface area contributed by atoms with Gasteiger partial charge in [0.1, 0.15) is 0 Å².